The summed E-state index contributed by atoms with van der Waals surface area (Å²) in [4.78, 5) is 4.19. The zero-order valence-electron chi connectivity index (χ0n) is 11.3. The molecule has 4 nitrogen and oxygen atoms in total. The number of aliphatic hydroxyl groups is 1. The molecule has 0 aliphatic heterocycles. The molecular weight excluding hydrogens is 242 g/mol. The third kappa shape index (κ3) is 3.96. The van der Waals surface area contributed by atoms with Crippen LogP contribution in [0.2, 0.25) is 0 Å². The minimum absolute atomic E-state index is 0.132. The molecule has 0 fully saturated rings. The number of rotatable bonds is 7. The van der Waals surface area contributed by atoms with Gasteiger partial charge in [-0.05, 0) is 12.5 Å². The summed E-state index contributed by atoms with van der Waals surface area (Å²) in [7, 11) is 1.54. The van der Waals surface area contributed by atoms with E-state index in [-0.39, 0.29) is 6.61 Å². The van der Waals surface area contributed by atoms with Crippen LogP contribution in [0.3, 0.4) is 0 Å². The average molecular weight is 261 g/mol. The van der Waals surface area contributed by atoms with Gasteiger partial charge in [-0.15, -0.1) is 0 Å². The van der Waals surface area contributed by atoms with E-state index in [9.17, 15) is 5.11 Å². The molecule has 1 rings (SSSR count). The Kier molecular flexibility index (Phi) is 5.82. The number of nitrogens with zero attached hydrogens (tertiary/aromatic N) is 1. The van der Waals surface area contributed by atoms with Gasteiger partial charge >= 0.3 is 0 Å². The highest BCUT2D eigenvalue weighted by Gasteiger charge is 2.11. The number of ether oxygens (including phenoxy) is 2. The van der Waals surface area contributed by atoms with Gasteiger partial charge < -0.3 is 14.6 Å². The predicted molar refractivity (Wildman–Crippen MR) is 75.4 cm³/mol. The topological polar surface area (TPSA) is 51.6 Å². The number of allylic oxidation sites excluding steroid dienone is 2. The third-order valence-corrected chi connectivity index (χ3v) is 2.62. The summed E-state index contributed by atoms with van der Waals surface area (Å²) in [5, 5.41) is 9.38. The zero-order valence-corrected chi connectivity index (χ0v) is 11.3. The summed E-state index contributed by atoms with van der Waals surface area (Å²) in [5.41, 5.74) is 2.24. The van der Waals surface area contributed by atoms with Gasteiger partial charge in [0.1, 0.15) is 12.4 Å². The van der Waals surface area contributed by atoms with E-state index in [1.165, 1.54) is 7.11 Å². The van der Waals surface area contributed by atoms with Crippen molar-refractivity contribution in [1.82, 2.24) is 4.98 Å². The number of aliphatic hydroxyl groups excluding tert-OH is 1. The molecule has 102 valence electrons. The quantitative estimate of drug-likeness (QED) is 0.766. The van der Waals surface area contributed by atoms with Gasteiger partial charge in [0.05, 0.1) is 19.4 Å². The first-order valence-corrected chi connectivity index (χ1v) is 5.88. The third-order valence-electron chi connectivity index (χ3n) is 2.62. The first-order chi connectivity index (χ1) is 9.15. The van der Waals surface area contributed by atoms with Crippen molar-refractivity contribution in [3.63, 3.8) is 0 Å². The zero-order chi connectivity index (χ0) is 14.3. The van der Waals surface area contributed by atoms with Crippen molar-refractivity contribution in [3.05, 3.63) is 54.3 Å². The molecule has 0 spiro atoms. The van der Waals surface area contributed by atoms with E-state index < -0.39 is 0 Å². The van der Waals surface area contributed by atoms with Crippen molar-refractivity contribution < 1.29 is 14.6 Å². The molecule has 0 saturated carbocycles. The summed E-state index contributed by atoms with van der Waals surface area (Å²) in [5.74, 6) is 1.02. The van der Waals surface area contributed by atoms with Crippen LogP contribution in [0.25, 0.3) is 0 Å². The summed E-state index contributed by atoms with van der Waals surface area (Å²) in [6.07, 6.45) is 5.19. The van der Waals surface area contributed by atoms with Crippen molar-refractivity contribution in [1.29, 1.82) is 0 Å². The highest BCUT2D eigenvalue weighted by Crippen LogP contribution is 2.26. The van der Waals surface area contributed by atoms with Gasteiger partial charge in [-0.1, -0.05) is 31.4 Å². The maximum Gasteiger partial charge on any atom is 0.216 e. The molecule has 4 heteroatoms. The summed E-state index contributed by atoms with van der Waals surface area (Å²) in [6.45, 7) is 9.34. The molecule has 0 radical (unpaired) electrons. The molecule has 0 aliphatic rings. The van der Waals surface area contributed by atoms with Gasteiger partial charge in [-0.2, -0.15) is 0 Å². The molecule has 1 heterocycles. The fraction of sp³-hybridized carbons (Fsp3) is 0.267. The second kappa shape index (κ2) is 7.38. The molecule has 1 aromatic heterocycles. The molecule has 0 amide bonds. The average Bonchev–Trinajstić information content (AvgIpc) is 2.42. The maximum atomic E-state index is 9.38. The molecule has 0 aromatic carbocycles. The Labute approximate surface area is 113 Å². The van der Waals surface area contributed by atoms with E-state index >= 15 is 0 Å². The van der Waals surface area contributed by atoms with Crippen molar-refractivity contribution in [3.8, 4) is 11.6 Å². The fourth-order valence-corrected chi connectivity index (χ4v) is 1.56. The number of hydrogen-bond donors (Lipinski definition) is 1. The number of pyridine rings is 1. The Morgan fingerprint density at radius 2 is 2.21 bits per heavy atom. The molecule has 1 N–H and O–H groups in total. The lowest BCUT2D eigenvalue weighted by molar-refractivity contribution is 0.266. The monoisotopic (exact) mass is 261 g/mol. The maximum absolute atomic E-state index is 9.38. The number of aromatic nitrogens is 1. The minimum atomic E-state index is -0.132. The normalized spacial score (nSPS) is 11.0. The van der Waals surface area contributed by atoms with E-state index in [1.807, 2.05) is 6.08 Å². The van der Waals surface area contributed by atoms with E-state index in [0.717, 1.165) is 5.57 Å². The Morgan fingerprint density at radius 3 is 2.74 bits per heavy atom. The summed E-state index contributed by atoms with van der Waals surface area (Å²) < 4.78 is 10.8. The van der Waals surface area contributed by atoms with Crippen molar-refractivity contribution in [2.75, 3.05) is 13.7 Å². The van der Waals surface area contributed by atoms with E-state index in [2.05, 4.69) is 18.1 Å². The molecular formula is C15H19NO3. The van der Waals surface area contributed by atoms with Crippen LogP contribution in [0.4, 0.5) is 0 Å². The second-order valence-corrected chi connectivity index (χ2v) is 3.85. The molecule has 1 aromatic rings. The van der Waals surface area contributed by atoms with Gasteiger partial charge in [0.15, 0.2) is 0 Å². The van der Waals surface area contributed by atoms with Crippen molar-refractivity contribution >= 4 is 0 Å². The van der Waals surface area contributed by atoms with Crippen LogP contribution in [0.15, 0.2) is 43.0 Å². The highest BCUT2D eigenvalue weighted by molar-refractivity contribution is 5.40. The molecule has 0 aliphatic carbocycles. The number of hydrogen-bond acceptors (Lipinski definition) is 4. The molecule has 0 atom stereocenters. The highest BCUT2D eigenvalue weighted by atomic mass is 16.5. The Hall–Kier alpha value is -2.07. The lowest BCUT2D eigenvalue weighted by Crippen LogP contribution is -2.05. The Balaban J connectivity index is 2.98. The lowest BCUT2D eigenvalue weighted by atomic mass is 10.2. The van der Waals surface area contributed by atoms with Crippen molar-refractivity contribution in [2.24, 2.45) is 0 Å². The second-order valence-electron chi connectivity index (χ2n) is 3.85. The van der Waals surface area contributed by atoms with Gasteiger partial charge in [-0.25, -0.2) is 4.98 Å². The smallest absolute Gasteiger partial charge is 0.216 e. The molecule has 0 saturated heterocycles. The molecule has 0 unspecified atom stereocenters. The van der Waals surface area contributed by atoms with Gasteiger partial charge in [-0.3, -0.25) is 0 Å². The van der Waals surface area contributed by atoms with E-state index in [1.54, 1.807) is 25.1 Å². The predicted octanol–water partition coefficient (Wildman–Crippen LogP) is 2.57. The van der Waals surface area contributed by atoms with Gasteiger partial charge in [0.2, 0.25) is 5.88 Å². The fourth-order valence-electron chi connectivity index (χ4n) is 1.56. The van der Waals surface area contributed by atoms with Crippen molar-refractivity contribution in [2.45, 2.75) is 13.5 Å². The SMILES string of the molecule is C=C/C=C(\C=C)COc1cc(OC)nc(C)c1CO. The van der Waals surface area contributed by atoms with Gasteiger partial charge in [0.25, 0.3) is 0 Å². The lowest BCUT2D eigenvalue weighted by Gasteiger charge is -2.13. The van der Waals surface area contributed by atoms with Crippen LogP contribution in [0.1, 0.15) is 11.3 Å². The van der Waals surface area contributed by atoms with E-state index in [0.29, 0.717) is 29.5 Å². The summed E-state index contributed by atoms with van der Waals surface area (Å²) >= 11 is 0. The molecule has 19 heavy (non-hydrogen) atoms. The van der Waals surface area contributed by atoms with E-state index in [4.69, 9.17) is 9.47 Å². The Morgan fingerprint density at radius 1 is 1.47 bits per heavy atom. The van der Waals surface area contributed by atoms with Crippen LogP contribution < -0.4 is 9.47 Å². The first kappa shape index (κ1) is 15.0. The minimum Gasteiger partial charge on any atom is -0.488 e. The van der Waals surface area contributed by atoms with Crippen LogP contribution in [-0.2, 0) is 6.61 Å². The van der Waals surface area contributed by atoms with Crippen LogP contribution >= 0.6 is 0 Å². The van der Waals surface area contributed by atoms with Gasteiger partial charge in [0, 0.05) is 11.6 Å². The summed E-state index contributed by atoms with van der Waals surface area (Å²) in [6, 6.07) is 1.66. The van der Waals surface area contributed by atoms with Crippen LogP contribution in [-0.4, -0.2) is 23.8 Å². The standard InChI is InChI=1S/C15H19NO3/c1-5-7-12(6-2)10-19-14-8-15(18-4)16-11(3)13(14)9-17/h5-8,17H,1-2,9-10H2,3-4H3/b12-7+. The van der Waals surface area contributed by atoms with Crippen LogP contribution in [0.5, 0.6) is 11.6 Å². The molecule has 0 bridgehead atoms. The number of methoxy groups -OCH3 is 1. The largest absolute Gasteiger partial charge is 0.488 e. The number of aryl methyl sites for hydroxylation is 1. The first-order valence-electron chi connectivity index (χ1n) is 5.88. The van der Waals surface area contributed by atoms with Crippen LogP contribution in [0, 0.1) is 6.92 Å². The Bertz CT molecular complexity index is 492.